The van der Waals surface area contributed by atoms with E-state index in [0.717, 1.165) is 6.26 Å². The van der Waals surface area contributed by atoms with Crippen LogP contribution in [0.3, 0.4) is 0 Å². The zero-order valence-corrected chi connectivity index (χ0v) is 19.2. The summed E-state index contributed by atoms with van der Waals surface area (Å²) in [6.07, 6.45) is 1.03. The number of aryl methyl sites for hydroxylation is 1. The van der Waals surface area contributed by atoms with Crippen LogP contribution in [0.1, 0.15) is 21.1 Å². The first kappa shape index (κ1) is 22.7. The maximum Gasteiger partial charge on any atom is 0.266 e. The highest BCUT2D eigenvalue weighted by molar-refractivity contribution is 7.92. The third-order valence-corrected chi connectivity index (χ3v) is 6.00. The van der Waals surface area contributed by atoms with Gasteiger partial charge in [-0.05, 0) is 30.7 Å². The molecule has 0 saturated heterocycles. The van der Waals surface area contributed by atoms with Crippen molar-refractivity contribution in [1.82, 2.24) is 9.97 Å². The highest BCUT2D eigenvalue weighted by atomic mass is 32.2. The molecule has 0 aliphatic carbocycles. The fraction of sp³-hybridized carbons (Fsp3) is 0.316. The second-order valence-electron chi connectivity index (χ2n) is 6.56. The summed E-state index contributed by atoms with van der Waals surface area (Å²) in [7, 11) is 0.942. The molecule has 3 aromatic rings. The van der Waals surface area contributed by atoms with Gasteiger partial charge in [-0.1, -0.05) is 0 Å². The minimum Gasteiger partial charge on any atom is -0.495 e. The fourth-order valence-electron chi connectivity index (χ4n) is 2.96. The molecule has 31 heavy (non-hydrogen) atoms. The van der Waals surface area contributed by atoms with E-state index in [4.69, 9.17) is 14.2 Å². The number of anilines is 2. The Morgan fingerprint density at radius 1 is 1.16 bits per heavy atom. The van der Waals surface area contributed by atoms with Gasteiger partial charge in [0.1, 0.15) is 17.2 Å². The largest absolute Gasteiger partial charge is 0.495 e. The van der Waals surface area contributed by atoms with E-state index in [1.165, 1.54) is 31.6 Å². The van der Waals surface area contributed by atoms with Gasteiger partial charge in [0.25, 0.3) is 5.91 Å². The lowest BCUT2D eigenvalue weighted by molar-refractivity contribution is 0.103. The number of sulfonamides is 1. The van der Waals surface area contributed by atoms with Crippen molar-refractivity contribution in [3.8, 4) is 11.6 Å². The molecule has 2 N–H and O–H groups in total. The van der Waals surface area contributed by atoms with Crippen LogP contribution in [0.2, 0.25) is 0 Å². The Kier molecular flexibility index (Phi) is 6.62. The van der Waals surface area contributed by atoms with Gasteiger partial charge in [0, 0.05) is 12.8 Å². The summed E-state index contributed by atoms with van der Waals surface area (Å²) in [6.45, 7) is 2.01. The molecule has 0 spiro atoms. The van der Waals surface area contributed by atoms with E-state index in [1.54, 1.807) is 26.2 Å². The molecule has 2 heterocycles. The number of methoxy groups -OCH3 is 3. The molecule has 0 saturated carbocycles. The van der Waals surface area contributed by atoms with E-state index in [-0.39, 0.29) is 18.2 Å². The molecular weight excluding hydrogens is 444 g/mol. The van der Waals surface area contributed by atoms with Crippen LogP contribution in [0.15, 0.2) is 18.2 Å². The number of hydrogen-bond acceptors (Lipinski definition) is 9. The van der Waals surface area contributed by atoms with Crippen molar-refractivity contribution < 1.29 is 27.4 Å². The van der Waals surface area contributed by atoms with Crippen molar-refractivity contribution in [1.29, 1.82) is 0 Å². The minimum atomic E-state index is -3.53. The van der Waals surface area contributed by atoms with Gasteiger partial charge in [-0.25, -0.2) is 13.4 Å². The predicted octanol–water partition coefficient (Wildman–Crippen LogP) is 2.79. The number of hydrogen-bond donors (Lipinski definition) is 2. The standard InChI is InChI=1S/C19H22N4O6S2/c1-10-15-18(29-4)21-14(9-27-2)22-19(15)30-16(10)17(24)20-11-6-7-13(28-3)12(8-11)23-31(5,25)26/h6-8,23H,9H2,1-5H3,(H,20,24). The quantitative estimate of drug-likeness (QED) is 0.519. The summed E-state index contributed by atoms with van der Waals surface area (Å²) < 4.78 is 41.3. The molecular formula is C19H22N4O6S2. The molecule has 3 rings (SSSR count). The second-order valence-corrected chi connectivity index (χ2v) is 9.31. The molecule has 1 amide bonds. The Morgan fingerprint density at radius 2 is 1.90 bits per heavy atom. The summed E-state index contributed by atoms with van der Waals surface area (Å²) in [5, 5.41) is 3.44. The van der Waals surface area contributed by atoms with Crippen LogP contribution in [0.4, 0.5) is 11.4 Å². The summed E-state index contributed by atoms with van der Waals surface area (Å²) in [6, 6.07) is 4.66. The van der Waals surface area contributed by atoms with Crippen molar-refractivity contribution in [2.24, 2.45) is 0 Å². The van der Waals surface area contributed by atoms with Crippen LogP contribution in [0.25, 0.3) is 10.2 Å². The average molecular weight is 467 g/mol. The summed E-state index contributed by atoms with van der Waals surface area (Å²) in [4.78, 5) is 22.8. The number of aromatic nitrogens is 2. The van der Waals surface area contributed by atoms with Crippen molar-refractivity contribution in [2.75, 3.05) is 37.6 Å². The van der Waals surface area contributed by atoms with E-state index in [0.29, 0.717) is 43.8 Å². The van der Waals surface area contributed by atoms with E-state index in [1.807, 2.05) is 0 Å². The van der Waals surface area contributed by atoms with Gasteiger partial charge in [-0.3, -0.25) is 9.52 Å². The molecule has 0 radical (unpaired) electrons. The van der Waals surface area contributed by atoms with Crippen molar-refractivity contribution in [3.05, 3.63) is 34.5 Å². The molecule has 0 atom stereocenters. The molecule has 1 aromatic carbocycles. The highest BCUT2D eigenvalue weighted by Gasteiger charge is 2.22. The average Bonchev–Trinajstić information content (AvgIpc) is 3.03. The van der Waals surface area contributed by atoms with Gasteiger partial charge in [0.2, 0.25) is 15.9 Å². The highest BCUT2D eigenvalue weighted by Crippen LogP contribution is 2.36. The third kappa shape index (κ3) is 5.03. The number of nitrogens with zero attached hydrogens (tertiary/aromatic N) is 2. The molecule has 166 valence electrons. The Hall–Kier alpha value is -2.96. The number of carbonyl (C=O) groups is 1. The first-order chi connectivity index (χ1) is 14.7. The first-order valence-electron chi connectivity index (χ1n) is 8.97. The third-order valence-electron chi connectivity index (χ3n) is 4.23. The van der Waals surface area contributed by atoms with Crippen molar-refractivity contribution in [2.45, 2.75) is 13.5 Å². The zero-order chi connectivity index (χ0) is 22.8. The van der Waals surface area contributed by atoms with Crippen molar-refractivity contribution >= 4 is 48.9 Å². The maximum atomic E-state index is 13.0. The first-order valence-corrected chi connectivity index (χ1v) is 11.7. The normalized spacial score (nSPS) is 11.4. The SMILES string of the molecule is COCc1nc(OC)c2c(C)c(C(=O)Nc3ccc(OC)c(NS(C)(=O)=O)c3)sc2n1. The molecule has 10 nitrogen and oxygen atoms in total. The van der Waals surface area contributed by atoms with E-state index < -0.39 is 10.0 Å². The molecule has 0 aliphatic heterocycles. The summed E-state index contributed by atoms with van der Waals surface area (Å²) >= 11 is 1.21. The van der Waals surface area contributed by atoms with Crippen LogP contribution >= 0.6 is 11.3 Å². The Labute approximate surface area is 183 Å². The predicted molar refractivity (Wildman–Crippen MR) is 119 cm³/mol. The number of fused-ring (bicyclic) bond motifs is 1. The molecule has 0 unspecified atom stereocenters. The number of amides is 1. The van der Waals surface area contributed by atoms with Crippen LogP contribution in [-0.2, 0) is 21.4 Å². The van der Waals surface area contributed by atoms with Crippen LogP contribution < -0.4 is 19.5 Å². The topological polar surface area (TPSA) is 129 Å². The summed E-state index contributed by atoms with van der Waals surface area (Å²) in [5.74, 6) is 0.777. The number of nitrogens with one attached hydrogen (secondary N) is 2. The fourth-order valence-corrected chi connectivity index (χ4v) is 4.60. The zero-order valence-electron chi connectivity index (χ0n) is 17.6. The molecule has 0 fully saturated rings. The number of rotatable bonds is 8. The Bertz CT molecular complexity index is 1240. The van der Waals surface area contributed by atoms with Crippen LogP contribution in [0, 0.1) is 6.92 Å². The lowest BCUT2D eigenvalue weighted by Crippen LogP contribution is -2.13. The van der Waals surface area contributed by atoms with E-state index in [2.05, 4.69) is 20.0 Å². The molecule has 0 bridgehead atoms. The number of ether oxygens (including phenoxy) is 3. The van der Waals surface area contributed by atoms with Gasteiger partial charge >= 0.3 is 0 Å². The van der Waals surface area contributed by atoms with Gasteiger partial charge in [0.15, 0.2) is 5.82 Å². The maximum absolute atomic E-state index is 13.0. The number of carbonyl (C=O) groups excluding carboxylic acids is 1. The minimum absolute atomic E-state index is 0.215. The van der Waals surface area contributed by atoms with Crippen molar-refractivity contribution in [3.63, 3.8) is 0 Å². The second kappa shape index (κ2) is 9.04. The molecule has 0 aliphatic rings. The van der Waals surface area contributed by atoms with Gasteiger partial charge in [0.05, 0.1) is 36.4 Å². The van der Waals surface area contributed by atoms with Crippen LogP contribution in [0.5, 0.6) is 11.6 Å². The van der Waals surface area contributed by atoms with Crippen LogP contribution in [-0.4, -0.2) is 51.9 Å². The van der Waals surface area contributed by atoms with E-state index >= 15 is 0 Å². The number of thiophene rings is 1. The number of benzene rings is 1. The van der Waals surface area contributed by atoms with E-state index in [9.17, 15) is 13.2 Å². The monoisotopic (exact) mass is 466 g/mol. The van der Waals surface area contributed by atoms with Gasteiger partial charge < -0.3 is 19.5 Å². The summed E-state index contributed by atoms with van der Waals surface area (Å²) in [5.41, 5.74) is 1.29. The van der Waals surface area contributed by atoms with Gasteiger partial charge in [-0.15, -0.1) is 11.3 Å². The lowest BCUT2D eigenvalue weighted by atomic mass is 10.2. The molecule has 2 aromatic heterocycles. The Morgan fingerprint density at radius 3 is 2.52 bits per heavy atom. The molecule has 12 heteroatoms. The van der Waals surface area contributed by atoms with Gasteiger partial charge in [-0.2, -0.15) is 4.98 Å². The Balaban J connectivity index is 1.96. The smallest absolute Gasteiger partial charge is 0.266 e. The lowest BCUT2D eigenvalue weighted by Gasteiger charge is -2.12.